The molecule has 0 unspecified atom stereocenters. The molecule has 3 heterocycles. The fourth-order valence-electron chi connectivity index (χ4n) is 4.29. The lowest BCUT2D eigenvalue weighted by atomic mass is 10.0. The number of carbonyl (C=O) groups is 2. The minimum atomic E-state index is -0.448. The van der Waals surface area contributed by atoms with E-state index in [1.807, 2.05) is 24.3 Å². The molecule has 0 saturated carbocycles. The molecule has 0 amide bonds. The third-order valence-corrected chi connectivity index (χ3v) is 10.3. The molecule has 0 atom stereocenters. The number of thiophene rings is 2. The maximum absolute atomic E-state index is 12.1. The number of methoxy groups -OCH3 is 2. The van der Waals surface area contributed by atoms with Crippen molar-refractivity contribution in [3.8, 4) is 43.9 Å². The van der Waals surface area contributed by atoms with E-state index in [0.717, 1.165) is 27.6 Å². The summed E-state index contributed by atoms with van der Waals surface area (Å²) in [5.74, 6) is 0.905. The van der Waals surface area contributed by atoms with Crippen molar-refractivity contribution in [1.82, 2.24) is 9.59 Å². The number of benzene rings is 3. The van der Waals surface area contributed by atoms with Gasteiger partial charge in [0.15, 0.2) is 11.5 Å². The Balaban J connectivity index is 1.61. The van der Waals surface area contributed by atoms with E-state index in [4.69, 9.17) is 18.9 Å². The summed E-state index contributed by atoms with van der Waals surface area (Å²) in [5.41, 5.74) is 2.91. The predicted octanol–water partition coefficient (Wildman–Crippen LogP) is 9.83. The maximum atomic E-state index is 12.1. The largest absolute Gasteiger partial charge is 0.465 e. The second-order valence-electron chi connectivity index (χ2n) is 8.80. The first-order valence-electron chi connectivity index (χ1n) is 12.4. The molecular formula is C30H18Br2N2O6S3. The molecule has 13 heteroatoms. The van der Waals surface area contributed by atoms with Gasteiger partial charge in [-0.25, -0.2) is 9.59 Å². The SMILES string of the molecule is COC(=O)c1ccc(Oc2c(Oc3ccc(C(=O)OC)cc3)c(-c3ccc(Br)s3)c3snnc3c2-c2ccc(Br)s2)cc1. The summed E-state index contributed by atoms with van der Waals surface area (Å²) in [6, 6.07) is 21.2. The summed E-state index contributed by atoms with van der Waals surface area (Å²) in [6.45, 7) is 0. The van der Waals surface area contributed by atoms with E-state index >= 15 is 0 Å². The Morgan fingerprint density at radius 1 is 0.651 bits per heavy atom. The number of aromatic nitrogens is 2. The molecule has 0 saturated heterocycles. The van der Waals surface area contributed by atoms with Gasteiger partial charge in [0.25, 0.3) is 0 Å². The van der Waals surface area contributed by atoms with Gasteiger partial charge in [-0.3, -0.25) is 0 Å². The highest BCUT2D eigenvalue weighted by Crippen LogP contribution is 2.56. The van der Waals surface area contributed by atoms with E-state index in [2.05, 4.69) is 41.4 Å². The number of ether oxygens (including phenoxy) is 4. The minimum absolute atomic E-state index is 0.391. The summed E-state index contributed by atoms with van der Waals surface area (Å²) < 4.78 is 30.0. The highest BCUT2D eigenvalue weighted by Gasteiger charge is 2.29. The summed E-state index contributed by atoms with van der Waals surface area (Å²) >= 11 is 11.5. The fourth-order valence-corrected chi connectivity index (χ4v) is 7.95. The Morgan fingerprint density at radius 3 is 1.56 bits per heavy atom. The number of hydrogen-bond donors (Lipinski definition) is 0. The van der Waals surface area contributed by atoms with E-state index in [9.17, 15) is 9.59 Å². The van der Waals surface area contributed by atoms with Gasteiger partial charge in [0, 0.05) is 9.75 Å². The first kappa shape index (κ1) is 29.5. The fraction of sp³-hybridized carbons (Fsp3) is 0.0667. The van der Waals surface area contributed by atoms with Crippen LogP contribution >= 0.6 is 66.1 Å². The smallest absolute Gasteiger partial charge is 0.337 e. The maximum Gasteiger partial charge on any atom is 0.337 e. The first-order chi connectivity index (χ1) is 20.9. The van der Waals surface area contributed by atoms with Crippen LogP contribution in [0.5, 0.6) is 23.0 Å². The average molecular weight is 758 g/mol. The minimum Gasteiger partial charge on any atom is -0.465 e. The number of carbonyl (C=O) groups excluding carboxylic acids is 2. The van der Waals surface area contributed by atoms with Gasteiger partial charge in [-0.05, 0) is 116 Å². The zero-order chi connectivity index (χ0) is 30.1. The van der Waals surface area contributed by atoms with Crippen LogP contribution in [0.2, 0.25) is 0 Å². The molecule has 8 nitrogen and oxygen atoms in total. The normalized spacial score (nSPS) is 11.0. The molecule has 3 aromatic carbocycles. The quantitative estimate of drug-likeness (QED) is 0.142. The van der Waals surface area contributed by atoms with Crippen LogP contribution < -0.4 is 9.47 Å². The number of hydrogen-bond acceptors (Lipinski definition) is 11. The monoisotopic (exact) mass is 756 g/mol. The summed E-state index contributed by atoms with van der Waals surface area (Å²) in [4.78, 5) is 25.9. The van der Waals surface area contributed by atoms with Crippen LogP contribution in [0.3, 0.4) is 0 Å². The molecular weight excluding hydrogens is 740 g/mol. The molecule has 0 fully saturated rings. The van der Waals surface area contributed by atoms with E-state index in [1.165, 1.54) is 48.4 Å². The molecule has 0 aliphatic rings. The van der Waals surface area contributed by atoms with Crippen LogP contribution in [0.25, 0.3) is 31.1 Å². The second-order valence-corrected chi connectivity index (χ2v) is 14.5. The molecule has 6 rings (SSSR count). The van der Waals surface area contributed by atoms with Crippen molar-refractivity contribution in [1.29, 1.82) is 0 Å². The molecule has 43 heavy (non-hydrogen) atoms. The molecule has 0 radical (unpaired) electrons. The second kappa shape index (κ2) is 12.5. The van der Waals surface area contributed by atoms with Crippen molar-refractivity contribution in [2.24, 2.45) is 0 Å². The van der Waals surface area contributed by atoms with Crippen molar-refractivity contribution >= 4 is 88.2 Å². The third kappa shape index (κ3) is 5.95. The van der Waals surface area contributed by atoms with E-state index in [1.54, 1.807) is 48.5 Å². The zero-order valence-electron chi connectivity index (χ0n) is 22.3. The number of halogens is 2. The molecule has 0 aliphatic carbocycles. The van der Waals surface area contributed by atoms with Crippen LogP contribution in [0.15, 0.2) is 80.4 Å². The standard InChI is InChI=1S/C30H18Br2N2O6S3/c1-37-29(35)15-3-7-17(8-4-15)39-26-23(19-11-13-21(31)41-19)25-28(43-34-33-25)24(20-12-14-22(32)42-20)27(26)40-18-9-5-16(6-10-18)30(36)38-2/h3-14H,1-2H3. The molecule has 216 valence electrons. The molecule has 0 aliphatic heterocycles. The number of esters is 2. The lowest BCUT2D eigenvalue weighted by molar-refractivity contribution is 0.0592. The number of rotatable bonds is 8. The Morgan fingerprint density at radius 2 is 1.12 bits per heavy atom. The van der Waals surface area contributed by atoms with Crippen molar-refractivity contribution < 1.29 is 28.5 Å². The highest BCUT2D eigenvalue weighted by molar-refractivity contribution is 9.11. The van der Waals surface area contributed by atoms with Crippen molar-refractivity contribution in [3.63, 3.8) is 0 Å². The van der Waals surface area contributed by atoms with Gasteiger partial charge in [-0.1, -0.05) is 4.49 Å². The van der Waals surface area contributed by atoms with Crippen LogP contribution in [-0.2, 0) is 9.47 Å². The highest BCUT2D eigenvalue weighted by atomic mass is 79.9. The van der Waals surface area contributed by atoms with Crippen molar-refractivity contribution in [2.75, 3.05) is 14.2 Å². The zero-order valence-corrected chi connectivity index (χ0v) is 27.9. The topological polar surface area (TPSA) is 96.8 Å². The van der Waals surface area contributed by atoms with Crippen LogP contribution in [0.1, 0.15) is 20.7 Å². The lowest BCUT2D eigenvalue weighted by Gasteiger charge is -2.20. The lowest BCUT2D eigenvalue weighted by Crippen LogP contribution is -2.01. The van der Waals surface area contributed by atoms with Gasteiger partial charge >= 0.3 is 11.9 Å². The Labute approximate surface area is 274 Å². The van der Waals surface area contributed by atoms with E-state index in [-0.39, 0.29) is 0 Å². The van der Waals surface area contributed by atoms with Gasteiger partial charge in [0.1, 0.15) is 17.0 Å². The van der Waals surface area contributed by atoms with Crippen molar-refractivity contribution in [3.05, 3.63) is 91.5 Å². The summed E-state index contributed by atoms with van der Waals surface area (Å²) in [5, 5.41) is 4.54. The Bertz CT molecular complexity index is 1830. The predicted molar refractivity (Wildman–Crippen MR) is 175 cm³/mol. The van der Waals surface area contributed by atoms with Gasteiger partial charge in [0.2, 0.25) is 0 Å². The van der Waals surface area contributed by atoms with Crippen LogP contribution in [-0.4, -0.2) is 35.7 Å². The molecule has 3 aromatic heterocycles. The molecule has 6 aromatic rings. The Kier molecular flexibility index (Phi) is 8.59. The van der Waals surface area contributed by atoms with E-state index < -0.39 is 11.9 Å². The molecule has 0 bridgehead atoms. The van der Waals surface area contributed by atoms with Crippen LogP contribution in [0.4, 0.5) is 0 Å². The van der Waals surface area contributed by atoms with E-state index in [0.29, 0.717) is 45.2 Å². The molecule has 0 N–H and O–H groups in total. The summed E-state index contributed by atoms with van der Waals surface area (Å²) in [7, 11) is 2.67. The first-order valence-corrected chi connectivity index (χ1v) is 16.4. The Hall–Kier alpha value is -3.62. The van der Waals surface area contributed by atoms with Crippen molar-refractivity contribution in [2.45, 2.75) is 0 Å². The van der Waals surface area contributed by atoms with Gasteiger partial charge in [-0.15, -0.1) is 27.8 Å². The summed E-state index contributed by atoms with van der Waals surface area (Å²) in [6.07, 6.45) is 0. The average Bonchev–Trinajstić information content (AvgIpc) is 3.79. The number of fused-ring (bicyclic) bond motifs is 1. The van der Waals surface area contributed by atoms with Crippen LogP contribution in [0, 0.1) is 0 Å². The number of nitrogens with zero attached hydrogens (tertiary/aromatic N) is 2. The molecule has 0 spiro atoms. The third-order valence-electron chi connectivity index (χ3n) is 6.24. The van der Waals surface area contributed by atoms with Gasteiger partial charge < -0.3 is 18.9 Å². The van der Waals surface area contributed by atoms with Gasteiger partial charge in [-0.2, -0.15) is 0 Å². The van der Waals surface area contributed by atoms with Gasteiger partial charge in [0.05, 0.1) is 48.7 Å².